The van der Waals surface area contributed by atoms with Crippen LogP contribution in [0, 0.1) is 0 Å². The molecule has 0 spiro atoms. The monoisotopic (exact) mass is 599 g/mol. The van der Waals surface area contributed by atoms with Gasteiger partial charge < -0.3 is 9.47 Å². The fourth-order valence-corrected chi connectivity index (χ4v) is 4.94. The van der Waals surface area contributed by atoms with Crippen molar-refractivity contribution in [2.45, 2.75) is 13.2 Å². The van der Waals surface area contributed by atoms with Crippen molar-refractivity contribution >= 4 is 45.9 Å². The smallest absolute Gasteiger partial charge is 0.154 e. The molecule has 0 unspecified atom stereocenters. The van der Waals surface area contributed by atoms with Gasteiger partial charge in [0.2, 0.25) is 0 Å². The molecular formula is C39H29N5O2. The zero-order valence-electron chi connectivity index (χ0n) is 24.9. The van der Waals surface area contributed by atoms with E-state index in [0.717, 1.165) is 44.4 Å². The molecule has 0 aliphatic carbocycles. The van der Waals surface area contributed by atoms with Crippen molar-refractivity contribution in [1.82, 2.24) is 15.0 Å². The van der Waals surface area contributed by atoms with Gasteiger partial charge in [0.1, 0.15) is 35.7 Å². The summed E-state index contributed by atoms with van der Waals surface area (Å²) < 4.78 is 12.2. The van der Waals surface area contributed by atoms with Crippen molar-refractivity contribution < 1.29 is 9.47 Å². The molecule has 0 saturated carbocycles. The van der Waals surface area contributed by atoms with Gasteiger partial charge in [-0.15, -0.1) is 0 Å². The first-order chi connectivity index (χ1) is 22.8. The van der Waals surface area contributed by atoms with Crippen LogP contribution in [0.25, 0.3) is 21.8 Å². The molecule has 3 aromatic heterocycles. The molecule has 7 heteroatoms. The Kier molecular flexibility index (Phi) is 8.45. The number of aromatic nitrogens is 3. The molecule has 0 aliphatic rings. The van der Waals surface area contributed by atoms with Gasteiger partial charge in [-0.25, -0.2) is 24.9 Å². The molecule has 0 bridgehead atoms. The highest BCUT2D eigenvalue weighted by atomic mass is 16.5. The number of rotatable bonds is 10. The number of fused-ring (bicyclic) bond motifs is 2. The topological polar surface area (TPSA) is 81.9 Å². The fraction of sp³-hybridized carbons (Fsp3) is 0.0513. The van der Waals surface area contributed by atoms with Crippen molar-refractivity contribution in [3.63, 3.8) is 0 Å². The van der Waals surface area contributed by atoms with Gasteiger partial charge in [-0.05, 0) is 47.5 Å². The summed E-state index contributed by atoms with van der Waals surface area (Å²) in [4.78, 5) is 23.4. The minimum absolute atomic E-state index is 0.467. The Morgan fingerprint density at radius 2 is 0.891 bits per heavy atom. The molecule has 0 atom stereocenters. The van der Waals surface area contributed by atoms with Crippen LogP contribution in [0.1, 0.15) is 22.5 Å². The molecule has 4 aromatic carbocycles. The van der Waals surface area contributed by atoms with Crippen molar-refractivity contribution in [2.24, 2.45) is 9.98 Å². The van der Waals surface area contributed by atoms with Crippen LogP contribution in [-0.2, 0) is 13.2 Å². The number of aliphatic imine (C=N–C) groups is 2. The first kappa shape index (κ1) is 28.6. The van der Waals surface area contributed by atoms with E-state index in [1.807, 2.05) is 140 Å². The summed E-state index contributed by atoms with van der Waals surface area (Å²) in [6.45, 7) is 0.935. The molecule has 7 aromatic rings. The molecule has 0 saturated heterocycles. The Morgan fingerprint density at radius 3 is 1.37 bits per heavy atom. The highest BCUT2D eigenvalue weighted by molar-refractivity contribution is 5.90. The zero-order valence-corrected chi connectivity index (χ0v) is 24.9. The molecule has 0 N–H and O–H groups in total. The number of ether oxygens (including phenoxy) is 2. The van der Waals surface area contributed by atoms with Gasteiger partial charge in [0.05, 0.1) is 23.8 Å². The SMILES string of the molecule is C(=Nc1cccc(/N=C/c2ccc3cccc(OCc4ccccc4)c3n2)n1)c1ccc2cccc(OCc3ccccc3)c2n1. The van der Waals surface area contributed by atoms with Crippen LogP contribution in [0.15, 0.2) is 150 Å². The number of benzene rings is 4. The third kappa shape index (κ3) is 6.95. The Balaban J connectivity index is 1.06. The number of nitrogens with zero attached hydrogens (tertiary/aromatic N) is 5. The Bertz CT molecular complexity index is 2010. The second kappa shape index (κ2) is 13.6. The standard InChI is InChI=1S/C39H29N5O2/c1-3-10-28(11-4-1)26-45-34-16-7-14-30-20-22-32(42-38(30)34)24-40-36-18-9-19-37(44-36)41-25-33-23-21-31-15-8-17-35(39(31)43-33)46-27-29-12-5-2-6-13-29/h1-25H,26-27H2/b40-24+,41-25?. The van der Waals surface area contributed by atoms with E-state index in [1.54, 1.807) is 12.4 Å². The highest BCUT2D eigenvalue weighted by Gasteiger charge is 2.07. The molecule has 0 amide bonds. The molecule has 3 heterocycles. The van der Waals surface area contributed by atoms with E-state index in [0.29, 0.717) is 36.2 Å². The van der Waals surface area contributed by atoms with E-state index in [4.69, 9.17) is 19.4 Å². The predicted molar refractivity (Wildman–Crippen MR) is 184 cm³/mol. The summed E-state index contributed by atoms with van der Waals surface area (Å²) in [6.07, 6.45) is 3.40. The van der Waals surface area contributed by atoms with Gasteiger partial charge in [-0.1, -0.05) is 103 Å². The lowest BCUT2D eigenvalue weighted by Crippen LogP contribution is -1.97. The average Bonchev–Trinajstić information content (AvgIpc) is 3.12. The molecule has 0 fully saturated rings. The minimum atomic E-state index is 0.467. The summed E-state index contributed by atoms with van der Waals surface area (Å²) in [5, 5.41) is 1.99. The largest absolute Gasteiger partial charge is 0.487 e. The van der Waals surface area contributed by atoms with Gasteiger partial charge in [0.15, 0.2) is 11.6 Å². The first-order valence-corrected chi connectivity index (χ1v) is 15.0. The average molecular weight is 600 g/mol. The summed E-state index contributed by atoms with van der Waals surface area (Å²) in [6, 6.07) is 45.4. The van der Waals surface area contributed by atoms with E-state index >= 15 is 0 Å². The summed E-state index contributed by atoms with van der Waals surface area (Å²) in [5.74, 6) is 2.49. The molecule has 7 nitrogen and oxygen atoms in total. The van der Waals surface area contributed by atoms with Gasteiger partial charge in [-0.3, -0.25) is 0 Å². The van der Waals surface area contributed by atoms with Crippen molar-refractivity contribution in [2.75, 3.05) is 0 Å². The van der Waals surface area contributed by atoms with E-state index in [2.05, 4.69) is 15.0 Å². The molecule has 0 radical (unpaired) electrons. The Labute approximate surface area is 266 Å². The van der Waals surface area contributed by atoms with Crippen LogP contribution < -0.4 is 9.47 Å². The quantitative estimate of drug-likeness (QED) is 0.147. The van der Waals surface area contributed by atoms with Crippen LogP contribution in [0.4, 0.5) is 11.6 Å². The summed E-state index contributed by atoms with van der Waals surface area (Å²) in [5.41, 5.74) is 5.16. The van der Waals surface area contributed by atoms with Crippen LogP contribution in [-0.4, -0.2) is 27.4 Å². The van der Waals surface area contributed by atoms with Crippen molar-refractivity contribution in [3.05, 3.63) is 162 Å². The first-order valence-electron chi connectivity index (χ1n) is 15.0. The molecule has 46 heavy (non-hydrogen) atoms. The van der Waals surface area contributed by atoms with Gasteiger partial charge in [0.25, 0.3) is 0 Å². The zero-order chi connectivity index (χ0) is 31.0. The third-order valence-corrected chi connectivity index (χ3v) is 7.26. The number of hydrogen-bond acceptors (Lipinski definition) is 7. The van der Waals surface area contributed by atoms with Crippen molar-refractivity contribution in [3.8, 4) is 11.5 Å². The third-order valence-electron chi connectivity index (χ3n) is 7.26. The molecule has 222 valence electrons. The van der Waals surface area contributed by atoms with Crippen molar-refractivity contribution in [1.29, 1.82) is 0 Å². The lowest BCUT2D eigenvalue weighted by Gasteiger charge is -2.09. The minimum Gasteiger partial charge on any atom is -0.487 e. The predicted octanol–water partition coefficient (Wildman–Crippen LogP) is 8.84. The lowest BCUT2D eigenvalue weighted by molar-refractivity contribution is 0.309. The number of para-hydroxylation sites is 2. The van der Waals surface area contributed by atoms with Crippen LogP contribution in [0.5, 0.6) is 11.5 Å². The van der Waals surface area contributed by atoms with Crippen LogP contribution >= 0.6 is 0 Å². The Morgan fingerprint density at radius 1 is 0.435 bits per heavy atom. The maximum Gasteiger partial charge on any atom is 0.154 e. The summed E-state index contributed by atoms with van der Waals surface area (Å²) >= 11 is 0. The Hall–Kier alpha value is -6.21. The van der Waals surface area contributed by atoms with E-state index in [1.165, 1.54) is 0 Å². The van der Waals surface area contributed by atoms with Crippen LogP contribution in [0.3, 0.4) is 0 Å². The summed E-state index contributed by atoms with van der Waals surface area (Å²) in [7, 11) is 0. The van der Waals surface area contributed by atoms with E-state index in [9.17, 15) is 0 Å². The van der Waals surface area contributed by atoms with Crippen LogP contribution in [0.2, 0.25) is 0 Å². The second-order valence-electron chi connectivity index (χ2n) is 10.5. The fourth-order valence-electron chi connectivity index (χ4n) is 4.94. The second-order valence-corrected chi connectivity index (χ2v) is 10.5. The van der Waals surface area contributed by atoms with E-state index < -0.39 is 0 Å². The lowest BCUT2D eigenvalue weighted by atomic mass is 10.2. The number of hydrogen-bond donors (Lipinski definition) is 0. The normalized spacial score (nSPS) is 11.5. The van der Waals surface area contributed by atoms with Gasteiger partial charge >= 0.3 is 0 Å². The highest BCUT2D eigenvalue weighted by Crippen LogP contribution is 2.26. The maximum absolute atomic E-state index is 6.12. The number of pyridine rings is 3. The molecule has 0 aliphatic heterocycles. The van der Waals surface area contributed by atoms with E-state index in [-0.39, 0.29) is 0 Å². The molecular weight excluding hydrogens is 570 g/mol. The maximum atomic E-state index is 6.12. The van der Waals surface area contributed by atoms with Gasteiger partial charge in [-0.2, -0.15) is 0 Å². The van der Waals surface area contributed by atoms with Gasteiger partial charge in [0, 0.05) is 10.8 Å². The molecule has 7 rings (SSSR count).